The lowest BCUT2D eigenvalue weighted by Gasteiger charge is -2.33. The van der Waals surface area contributed by atoms with Crippen LogP contribution in [0.15, 0.2) is 54.7 Å². The van der Waals surface area contributed by atoms with Crippen LogP contribution in [0.4, 0.5) is 17.6 Å². The van der Waals surface area contributed by atoms with Crippen molar-refractivity contribution in [1.82, 2.24) is 14.8 Å². The Bertz CT molecular complexity index is 1520. The molecule has 0 saturated heterocycles. The van der Waals surface area contributed by atoms with Crippen LogP contribution in [0.2, 0.25) is 0 Å². The first-order valence-electron chi connectivity index (χ1n) is 10.1. The van der Waals surface area contributed by atoms with Gasteiger partial charge in [0.1, 0.15) is 16.7 Å². The first-order valence-corrected chi connectivity index (χ1v) is 10.1. The Kier molecular flexibility index (Phi) is 2.84. The molecule has 0 amide bonds. The van der Waals surface area contributed by atoms with Gasteiger partial charge in [0, 0.05) is 36.5 Å². The SMILES string of the molecule is CC1(C)c2cccc3[n+]2[C@]2(c4cnc(F)cc4-3)c3cc(C(F)(F)F)nn3-c3cccc1[n+]32. The van der Waals surface area contributed by atoms with Gasteiger partial charge in [-0.05, 0) is 26.0 Å². The highest BCUT2D eigenvalue weighted by molar-refractivity contribution is 5.67. The van der Waals surface area contributed by atoms with Crippen LogP contribution in [0.25, 0.3) is 17.1 Å². The van der Waals surface area contributed by atoms with Crippen LogP contribution < -0.4 is 9.13 Å². The first-order chi connectivity index (χ1) is 15.2. The third kappa shape index (κ3) is 1.72. The van der Waals surface area contributed by atoms with Gasteiger partial charge in [0.25, 0.3) is 5.69 Å². The fourth-order valence-corrected chi connectivity index (χ4v) is 5.75. The van der Waals surface area contributed by atoms with Crippen LogP contribution in [0.1, 0.15) is 42.2 Å². The Balaban J connectivity index is 1.75. The second-order valence-corrected chi connectivity index (χ2v) is 8.91. The topological polar surface area (TPSA) is 38.5 Å². The quantitative estimate of drug-likeness (QED) is 0.208. The second kappa shape index (κ2) is 5.06. The fourth-order valence-electron chi connectivity index (χ4n) is 5.75. The number of aromatic nitrogens is 5. The van der Waals surface area contributed by atoms with E-state index in [9.17, 15) is 17.6 Å². The molecule has 1 atom stereocenters. The summed E-state index contributed by atoms with van der Waals surface area (Å²) >= 11 is 0. The first kappa shape index (κ1) is 18.0. The summed E-state index contributed by atoms with van der Waals surface area (Å²) in [7, 11) is 0. The van der Waals surface area contributed by atoms with Gasteiger partial charge in [0.05, 0.1) is 5.56 Å². The van der Waals surface area contributed by atoms with Crippen LogP contribution in [0.3, 0.4) is 0 Å². The molecule has 4 aromatic rings. The molecule has 4 aromatic heterocycles. The zero-order chi connectivity index (χ0) is 22.2. The van der Waals surface area contributed by atoms with Gasteiger partial charge >= 0.3 is 17.7 Å². The van der Waals surface area contributed by atoms with E-state index in [-0.39, 0.29) is 0 Å². The summed E-state index contributed by atoms with van der Waals surface area (Å²) < 4.78 is 60.8. The summed E-state index contributed by atoms with van der Waals surface area (Å²) in [5, 5.41) is 3.96. The number of fused-ring (bicyclic) bond motifs is 4. The Morgan fingerprint density at radius 3 is 2.44 bits per heavy atom. The highest BCUT2D eigenvalue weighted by atomic mass is 19.4. The Hall–Kier alpha value is -3.62. The molecule has 1 spiro atoms. The van der Waals surface area contributed by atoms with Gasteiger partial charge in [-0.2, -0.15) is 22.1 Å². The molecule has 0 aromatic carbocycles. The molecule has 0 unspecified atom stereocenters. The number of pyridine rings is 3. The van der Waals surface area contributed by atoms with E-state index in [0.29, 0.717) is 22.6 Å². The molecular formula is C23H15F4N5+2. The van der Waals surface area contributed by atoms with Crippen molar-refractivity contribution >= 4 is 0 Å². The smallest absolute Gasteiger partial charge is 0.228 e. The lowest BCUT2D eigenvalue weighted by atomic mass is 9.79. The van der Waals surface area contributed by atoms with Crippen molar-refractivity contribution in [2.45, 2.75) is 31.1 Å². The minimum absolute atomic E-state index is 0.346. The molecule has 9 heteroatoms. The van der Waals surface area contributed by atoms with Gasteiger partial charge in [0.2, 0.25) is 17.3 Å². The van der Waals surface area contributed by atoms with E-state index < -0.39 is 28.9 Å². The molecule has 0 radical (unpaired) electrons. The van der Waals surface area contributed by atoms with Crippen LogP contribution >= 0.6 is 0 Å². The Morgan fingerprint density at radius 2 is 1.69 bits per heavy atom. The molecule has 0 N–H and O–H groups in total. The molecule has 0 fully saturated rings. The van der Waals surface area contributed by atoms with Gasteiger partial charge < -0.3 is 0 Å². The van der Waals surface area contributed by atoms with E-state index in [1.165, 1.54) is 16.9 Å². The minimum Gasteiger partial charge on any atom is -0.228 e. The molecule has 158 valence electrons. The van der Waals surface area contributed by atoms with Crippen molar-refractivity contribution < 1.29 is 26.7 Å². The number of rotatable bonds is 0. The monoisotopic (exact) mass is 437 g/mol. The third-order valence-electron chi connectivity index (χ3n) is 6.98. The van der Waals surface area contributed by atoms with Crippen molar-refractivity contribution in [3.05, 3.63) is 89.0 Å². The lowest BCUT2D eigenvalue weighted by Crippen LogP contribution is -2.79. The second-order valence-electron chi connectivity index (χ2n) is 8.91. The van der Waals surface area contributed by atoms with Crippen molar-refractivity contribution in [2.24, 2.45) is 0 Å². The average molecular weight is 437 g/mol. The summed E-state index contributed by atoms with van der Waals surface area (Å²) in [5.74, 6) is -0.122. The standard InChI is InChI=1S/C23H15F4N5/c1-21(2)16-6-3-5-14-12-9-19(24)28-11-13(12)22(30(14)16)18-10-15(23(25,26)27)29-32(18)20-8-4-7-17(21)31(20)22/h3-11H,1-2H3/q+2/t22-/m0/s1. The molecule has 7 heterocycles. The van der Waals surface area contributed by atoms with Gasteiger partial charge in [-0.3, -0.25) is 0 Å². The van der Waals surface area contributed by atoms with Crippen molar-refractivity contribution in [2.75, 3.05) is 0 Å². The van der Waals surface area contributed by atoms with E-state index in [4.69, 9.17) is 0 Å². The normalized spacial score (nSPS) is 20.6. The predicted molar refractivity (Wildman–Crippen MR) is 102 cm³/mol. The molecule has 0 aliphatic carbocycles. The van der Waals surface area contributed by atoms with Gasteiger partial charge in [-0.15, -0.1) is 4.57 Å². The highest BCUT2D eigenvalue weighted by Gasteiger charge is 2.73. The predicted octanol–water partition coefficient (Wildman–Crippen LogP) is 3.23. The van der Waals surface area contributed by atoms with Crippen molar-refractivity contribution in [3.63, 3.8) is 0 Å². The van der Waals surface area contributed by atoms with E-state index in [0.717, 1.165) is 23.1 Å². The number of nitrogens with zero attached hydrogens (tertiary/aromatic N) is 5. The van der Waals surface area contributed by atoms with Crippen molar-refractivity contribution in [3.8, 4) is 17.1 Å². The van der Waals surface area contributed by atoms with E-state index >= 15 is 0 Å². The molecule has 5 nitrogen and oxygen atoms in total. The molecule has 0 bridgehead atoms. The summed E-state index contributed by atoms with van der Waals surface area (Å²) in [4.78, 5) is 3.89. The van der Waals surface area contributed by atoms with Crippen molar-refractivity contribution in [1.29, 1.82) is 0 Å². The Morgan fingerprint density at radius 1 is 0.969 bits per heavy atom. The minimum atomic E-state index is -4.60. The molecular weight excluding hydrogens is 422 g/mol. The molecule has 0 saturated carbocycles. The van der Waals surface area contributed by atoms with E-state index in [1.807, 2.05) is 39.5 Å². The fraction of sp³-hybridized carbons (Fsp3) is 0.217. The summed E-state index contributed by atoms with van der Waals surface area (Å²) in [6, 6.07) is 13.8. The van der Waals surface area contributed by atoms with Crippen LogP contribution in [-0.2, 0) is 17.3 Å². The van der Waals surface area contributed by atoms with Gasteiger partial charge in [0.15, 0.2) is 5.69 Å². The van der Waals surface area contributed by atoms with Crippen LogP contribution in [0, 0.1) is 5.95 Å². The number of alkyl halides is 3. The van der Waals surface area contributed by atoms with E-state index in [2.05, 4.69) is 23.9 Å². The zero-order valence-corrected chi connectivity index (χ0v) is 16.9. The highest BCUT2D eigenvalue weighted by Crippen LogP contribution is 2.49. The van der Waals surface area contributed by atoms with E-state index in [1.54, 1.807) is 6.07 Å². The molecule has 7 rings (SSSR count). The largest absolute Gasteiger partial charge is 0.437 e. The van der Waals surface area contributed by atoms with Gasteiger partial charge in [-0.1, -0.05) is 15.8 Å². The van der Waals surface area contributed by atoms with Gasteiger partial charge in [-0.25, -0.2) is 4.98 Å². The van der Waals surface area contributed by atoms with Crippen LogP contribution in [-0.4, -0.2) is 14.8 Å². The number of hydrogen-bond acceptors (Lipinski definition) is 2. The summed E-state index contributed by atoms with van der Waals surface area (Å²) in [6.45, 7) is 4.15. The maximum atomic E-state index is 14.3. The average Bonchev–Trinajstić information content (AvgIpc) is 3.38. The molecule has 32 heavy (non-hydrogen) atoms. The third-order valence-corrected chi connectivity index (χ3v) is 6.98. The molecule has 3 aliphatic heterocycles. The number of hydrogen-bond donors (Lipinski definition) is 0. The maximum absolute atomic E-state index is 14.3. The summed E-state index contributed by atoms with van der Waals surface area (Å²) in [5.41, 5.74) is 1.50. The Labute approximate surface area is 179 Å². The lowest BCUT2D eigenvalue weighted by molar-refractivity contribution is -0.972. The number of halogens is 4. The maximum Gasteiger partial charge on any atom is 0.437 e. The molecule has 3 aliphatic rings. The van der Waals surface area contributed by atoms with Crippen LogP contribution in [0.5, 0.6) is 0 Å². The summed E-state index contributed by atoms with van der Waals surface area (Å²) in [6.07, 6.45) is -3.16. The zero-order valence-electron chi connectivity index (χ0n) is 16.9.